The van der Waals surface area contributed by atoms with Crippen LogP contribution in [0.3, 0.4) is 0 Å². The Kier molecular flexibility index (Phi) is 8.70. The number of piperidine rings is 1. The molecule has 2 heterocycles. The third-order valence-corrected chi connectivity index (χ3v) is 8.28. The van der Waals surface area contributed by atoms with Crippen molar-refractivity contribution >= 4 is 56.2 Å². The van der Waals surface area contributed by atoms with Gasteiger partial charge in [0, 0.05) is 40.9 Å². The molecule has 0 saturated carbocycles. The first-order valence-corrected chi connectivity index (χ1v) is 14.7. The van der Waals surface area contributed by atoms with Crippen LogP contribution >= 0.6 is 27.7 Å². The van der Waals surface area contributed by atoms with Gasteiger partial charge in [-0.15, -0.1) is 0 Å². The molecule has 0 radical (unpaired) electrons. The Morgan fingerprint density at radius 1 is 1.08 bits per heavy atom. The number of halogens is 1. The van der Waals surface area contributed by atoms with Gasteiger partial charge in [0.25, 0.3) is 5.91 Å². The fourth-order valence-electron chi connectivity index (χ4n) is 4.69. The maximum absolute atomic E-state index is 13.3. The van der Waals surface area contributed by atoms with E-state index in [2.05, 4.69) is 39.0 Å². The number of carbonyl (C=O) groups is 1. The number of thioether (sulfide) groups is 1. The van der Waals surface area contributed by atoms with Crippen LogP contribution in [0.25, 0.3) is 6.08 Å². The van der Waals surface area contributed by atoms with Gasteiger partial charge in [-0.1, -0.05) is 34.1 Å². The molecule has 0 bridgehead atoms. The summed E-state index contributed by atoms with van der Waals surface area (Å²) in [5, 5.41) is 10.1. The zero-order chi connectivity index (χ0) is 27.2. The average Bonchev–Trinajstić information content (AvgIpc) is 3.26. The highest BCUT2D eigenvalue weighted by molar-refractivity contribution is 9.10. The highest BCUT2D eigenvalue weighted by Crippen LogP contribution is 2.36. The monoisotopic (exact) mass is 600 g/mol. The van der Waals surface area contributed by atoms with Gasteiger partial charge < -0.3 is 9.64 Å². The molecule has 0 aliphatic carbocycles. The van der Waals surface area contributed by atoms with E-state index in [4.69, 9.17) is 9.73 Å². The molecule has 2 saturated heterocycles. The standard InChI is InChI=1S/C31H29BrN4O2S/c1-2-36-30(37)29(39-31(36)34-26-11-13-27(14-12-26)35-16-6-3-7-17-35)19-24-18-25(32)10-15-28(24)38-21-23-9-5-4-8-22(23)20-33/h4-5,8-15,18-19H,2-3,6-7,16-17,21H2,1H3/b29-19-,34-31?. The van der Waals surface area contributed by atoms with E-state index < -0.39 is 0 Å². The van der Waals surface area contributed by atoms with Crippen molar-refractivity contribution < 1.29 is 9.53 Å². The number of anilines is 1. The van der Waals surface area contributed by atoms with Crippen LogP contribution in [0.1, 0.15) is 42.9 Å². The number of benzene rings is 3. The van der Waals surface area contributed by atoms with Crippen LogP contribution in [-0.2, 0) is 11.4 Å². The molecule has 198 valence electrons. The van der Waals surface area contributed by atoms with Crippen molar-refractivity contribution in [1.29, 1.82) is 5.26 Å². The highest BCUT2D eigenvalue weighted by atomic mass is 79.9. The maximum Gasteiger partial charge on any atom is 0.266 e. The minimum atomic E-state index is -0.0769. The summed E-state index contributed by atoms with van der Waals surface area (Å²) < 4.78 is 7.00. The van der Waals surface area contributed by atoms with E-state index in [0.717, 1.165) is 34.4 Å². The first kappa shape index (κ1) is 27.0. The van der Waals surface area contributed by atoms with Crippen LogP contribution in [0.2, 0.25) is 0 Å². The topological polar surface area (TPSA) is 68.9 Å². The number of carbonyl (C=O) groups excluding carboxylic acids is 1. The number of ether oxygens (including phenoxy) is 1. The lowest BCUT2D eigenvalue weighted by molar-refractivity contribution is -0.122. The van der Waals surface area contributed by atoms with Gasteiger partial charge in [0.2, 0.25) is 0 Å². The normalized spacial score (nSPS) is 17.6. The molecule has 2 fully saturated rings. The lowest BCUT2D eigenvalue weighted by Gasteiger charge is -2.28. The molecule has 5 rings (SSSR count). The van der Waals surface area contributed by atoms with Gasteiger partial charge in [-0.25, -0.2) is 4.99 Å². The molecule has 0 spiro atoms. The lowest BCUT2D eigenvalue weighted by Crippen LogP contribution is -2.29. The van der Waals surface area contributed by atoms with E-state index in [1.807, 2.05) is 61.5 Å². The van der Waals surface area contributed by atoms with Crippen molar-refractivity contribution in [3.05, 3.63) is 92.8 Å². The van der Waals surface area contributed by atoms with Crippen LogP contribution in [0.5, 0.6) is 5.75 Å². The molecule has 0 N–H and O–H groups in total. The number of aliphatic imine (C=N–C) groups is 1. The summed E-state index contributed by atoms with van der Waals surface area (Å²) in [5.41, 5.74) is 4.22. The maximum atomic E-state index is 13.3. The van der Waals surface area contributed by atoms with Crippen molar-refractivity contribution in [2.75, 3.05) is 24.5 Å². The quantitative estimate of drug-likeness (QED) is 0.262. The van der Waals surface area contributed by atoms with E-state index in [1.165, 1.54) is 36.7 Å². The molecule has 2 aliphatic heterocycles. The number of hydrogen-bond donors (Lipinski definition) is 0. The number of amides is 1. The van der Waals surface area contributed by atoms with Crippen LogP contribution in [0.15, 0.2) is 81.1 Å². The fraction of sp³-hybridized carbons (Fsp3) is 0.258. The largest absolute Gasteiger partial charge is 0.488 e. The second-order valence-electron chi connectivity index (χ2n) is 9.36. The van der Waals surface area contributed by atoms with Crippen molar-refractivity contribution in [2.24, 2.45) is 4.99 Å². The van der Waals surface area contributed by atoms with Crippen LogP contribution in [0.4, 0.5) is 11.4 Å². The number of rotatable bonds is 7. The molecular formula is C31H29BrN4O2S. The van der Waals surface area contributed by atoms with Gasteiger partial charge in [0.1, 0.15) is 12.4 Å². The Labute approximate surface area is 242 Å². The van der Waals surface area contributed by atoms with Crippen molar-refractivity contribution in [3.63, 3.8) is 0 Å². The van der Waals surface area contributed by atoms with E-state index in [9.17, 15) is 10.1 Å². The van der Waals surface area contributed by atoms with Gasteiger partial charge >= 0.3 is 0 Å². The fourth-order valence-corrected chi connectivity index (χ4v) is 6.12. The first-order chi connectivity index (χ1) is 19.1. The van der Waals surface area contributed by atoms with Crippen molar-refractivity contribution in [3.8, 4) is 11.8 Å². The first-order valence-electron chi connectivity index (χ1n) is 13.1. The Morgan fingerprint density at radius 2 is 1.85 bits per heavy atom. The molecular weight excluding hydrogens is 572 g/mol. The number of nitriles is 1. The molecule has 2 aliphatic rings. The summed E-state index contributed by atoms with van der Waals surface area (Å²) in [6, 6.07) is 23.6. The third kappa shape index (κ3) is 6.38. The van der Waals surface area contributed by atoms with Crippen LogP contribution < -0.4 is 9.64 Å². The molecule has 0 unspecified atom stereocenters. The number of likely N-dealkylation sites (N-methyl/N-ethyl adjacent to an activating group) is 1. The SMILES string of the molecule is CCN1C(=O)/C(=C/c2cc(Br)ccc2OCc2ccccc2C#N)SC1=Nc1ccc(N2CCCCC2)cc1. The molecule has 0 atom stereocenters. The Balaban J connectivity index is 1.37. The minimum absolute atomic E-state index is 0.0769. The van der Waals surface area contributed by atoms with Crippen LogP contribution in [-0.4, -0.2) is 35.6 Å². The van der Waals surface area contributed by atoms with Crippen LogP contribution in [0, 0.1) is 11.3 Å². The van der Waals surface area contributed by atoms with Gasteiger partial charge in [-0.05, 0) is 92.6 Å². The summed E-state index contributed by atoms with van der Waals surface area (Å²) in [7, 11) is 0. The van der Waals surface area contributed by atoms with E-state index in [0.29, 0.717) is 27.9 Å². The van der Waals surface area contributed by atoms with Crippen molar-refractivity contribution in [2.45, 2.75) is 32.8 Å². The van der Waals surface area contributed by atoms with E-state index in [-0.39, 0.29) is 12.5 Å². The number of amidine groups is 1. The van der Waals surface area contributed by atoms with Gasteiger partial charge in [0.05, 0.1) is 22.2 Å². The zero-order valence-electron chi connectivity index (χ0n) is 21.8. The molecule has 3 aromatic carbocycles. The molecule has 6 nitrogen and oxygen atoms in total. The van der Waals surface area contributed by atoms with Crippen molar-refractivity contribution in [1.82, 2.24) is 4.90 Å². The molecule has 3 aromatic rings. The average molecular weight is 602 g/mol. The minimum Gasteiger partial charge on any atom is -0.488 e. The van der Waals surface area contributed by atoms with E-state index in [1.54, 1.807) is 11.0 Å². The Bertz CT molecular complexity index is 1460. The molecule has 8 heteroatoms. The second-order valence-corrected chi connectivity index (χ2v) is 11.3. The Hall–Kier alpha value is -3.54. The van der Waals surface area contributed by atoms with Gasteiger partial charge in [-0.3, -0.25) is 9.69 Å². The predicted octanol–water partition coefficient (Wildman–Crippen LogP) is 7.51. The summed E-state index contributed by atoms with van der Waals surface area (Å²) >= 11 is 4.91. The smallest absolute Gasteiger partial charge is 0.266 e. The zero-order valence-corrected chi connectivity index (χ0v) is 24.2. The molecule has 39 heavy (non-hydrogen) atoms. The van der Waals surface area contributed by atoms with Gasteiger partial charge in [0.15, 0.2) is 5.17 Å². The summed E-state index contributed by atoms with van der Waals surface area (Å²) in [6.07, 6.45) is 5.63. The predicted molar refractivity (Wildman–Crippen MR) is 162 cm³/mol. The van der Waals surface area contributed by atoms with E-state index >= 15 is 0 Å². The third-order valence-electron chi connectivity index (χ3n) is 6.78. The second kappa shape index (κ2) is 12.5. The summed E-state index contributed by atoms with van der Waals surface area (Å²) in [6.45, 7) is 4.94. The lowest BCUT2D eigenvalue weighted by atomic mass is 10.1. The Morgan fingerprint density at radius 3 is 2.59 bits per heavy atom. The summed E-state index contributed by atoms with van der Waals surface area (Å²) in [4.78, 5) is 22.9. The highest BCUT2D eigenvalue weighted by Gasteiger charge is 2.32. The number of nitrogens with zero attached hydrogens (tertiary/aromatic N) is 4. The molecule has 1 amide bonds. The molecule has 0 aromatic heterocycles. The van der Waals surface area contributed by atoms with Gasteiger partial charge in [-0.2, -0.15) is 5.26 Å². The number of hydrogen-bond acceptors (Lipinski definition) is 6. The summed E-state index contributed by atoms with van der Waals surface area (Å²) in [5.74, 6) is 0.556.